The summed E-state index contributed by atoms with van der Waals surface area (Å²) >= 11 is 0. The van der Waals surface area contributed by atoms with Gasteiger partial charge in [0.2, 0.25) is 5.91 Å². The van der Waals surface area contributed by atoms with Gasteiger partial charge in [0.15, 0.2) is 11.5 Å². The molecule has 0 bridgehead atoms. The van der Waals surface area contributed by atoms with E-state index in [0.717, 1.165) is 16.5 Å². The Bertz CT molecular complexity index is 1070. The van der Waals surface area contributed by atoms with Crippen molar-refractivity contribution in [1.82, 2.24) is 4.98 Å². The van der Waals surface area contributed by atoms with Crippen LogP contribution in [0.15, 0.2) is 48.5 Å². The second-order valence-electron chi connectivity index (χ2n) is 6.08. The average molecular weight is 394 g/mol. The topological polar surface area (TPSA) is 89.7 Å². The van der Waals surface area contributed by atoms with Crippen molar-refractivity contribution in [2.45, 2.75) is 6.92 Å². The number of ether oxygens (including phenoxy) is 3. The molecule has 0 fully saturated rings. The van der Waals surface area contributed by atoms with Crippen LogP contribution in [0.4, 0.5) is 5.69 Å². The number of carbonyl (C=O) groups excluding carboxylic acids is 2. The lowest BCUT2D eigenvalue weighted by Gasteiger charge is -2.08. The molecular weight excluding hydrogens is 372 g/mol. The average Bonchev–Trinajstić information content (AvgIpc) is 3.10. The summed E-state index contributed by atoms with van der Waals surface area (Å²) < 4.78 is 15.6. The molecule has 0 aliphatic carbocycles. The van der Waals surface area contributed by atoms with Crippen molar-refractivity contribution >= 4 is 34.5 Å². The molecule has 2 aromatic carbocycles. The van der Waals surface area contributed by atoms with E-state index in [1.54, 1.807) is 45.4 Å². The molecule has 1 amide bonds. The number of aromatic nitrogens is 1. The number of amides is 1. The lowest BCUT2D eigenvalue weighted by atomic mass is 10.2. The summed E-state index contributed by atoms with van der Waals surface area (Å²) in [4.78, 5) is 27.8. The zero-order valence-electron chi connectivity index (χ0n) is 16.4. The summed E-state index contributed by atoms with van der Waals surface area (Å²) in [5.74, 6) is 0.265. The zero-order chi connectivity index (χ0) is 20.8. The van der Waals surface area contributed by atoms with Gasteiger partial charge in [-0.3, -0.25) is 4.79 Å². The van der Waals surface area contributed by atoms with Gasteiger partial charge >= 0.3 is 5.97 Å². The van der Waals surface area contributed by atoms with E-state index in [-0.39, 0.29) is 18.2 Å². The second-order valence-corrected chi connectivity index (χ2v) is 6.08. The maximum Gasteiger partial charge on any atom is 0.356 e. The van der Waals surface area contributed by atoms with E-state index in [4.69, 9.17) is 14.2 Å². The van der Waals surface area contributed by atoms with E-state index < -0.39 is 5.97 Å². The molecule has 1 heterocycles. The van der Waals surface area contributed by atoms with Gasteiger partial charge in [-0.2, -0.15) is 0 Å². The van der Waals surface area contributed by atoms with Crippen molar-refractivity contribution in [3.05, 3.63) is 59.8 Å². The number of carbonyl (C=O) groups is 2. The quantitative estimate of drug-likeness (QED) is 0.467. The normalized spacial score (nSPS) is 10.9. The Labute approximate surface area is 168 Å². The maximum atomic E-state index is 12.5. The SMILES string of the molecule is CCOC(=O)c1[nH]c2ccccc2c1NC(=O)C=Cc1ccc(OC)c(OC)c1. The third-order valence-electron chi connectivity index (χ3n) is 4.27. The molecule has 1 aromatic heterocycles. The molecule has 0 radical (unpaired) electrons. The maximum absolute atomic E-state index is 12.5. The molecule has 0 atom stereocenters. The van der Waals surface area contributed by atoms with Crippen LogP contribution < -0.4 is 14.8 Å². The number of benzene rings is 2. The Morgan fingerprint density at radius 1 is 1.07 bits per heavy atom. The number of nitrogens with one attached hydrogen (secondary N) is 2. The Kier molecular flexibility index (Phi) is 6.19. The van der Waals surface area contributed by atoms with Crippen LogP contribution in [-0.2, 0) is 9.53 Å². The van der Waals surface area contributed by atoms with Crippen LogP contribution in [0.1, 0.15) is 23.0 Å². The summed E-state index contributed by atoms with van der Waals surface area (Å²) in [6.45, 7) is 1.96. The van der Waals surface area contributed by atoms with Crippen molar-refractivity contribution in [2.24, 2.45) is 0 Å². The van der Waals surface area contributed by atoms with Crippen LogP contribution in [-0.4, -0.2) is 37.7 Å². The number of hydrogen-bond donors (Lipinski definition) is 2. The molecule has 150 valence electrons. The first kappa shape index (κ1) is 20.0. The van der Waals surface area contributed by atoms with Gasteiger partial charge in [0.25, 0.3) is 0 Å². The molecule has 3 aromatic rings. The molecule has 29 heavy (non-hydrogen) atoms. The van der Waals surface area contributed by atoms with E-state index in [0.29, 0.717) is 17.2 Å². The van der Waals surface area contributed by atoms with Crippen molar-refractivity contribution < 1.29 is 23.8 Å². The van der Waals surface area contributed by atoms with Gasteiger partial charge in [-0.05, 0) is 36.8 Å². The molecule has 0 aliphatic rings. The van der Waals surface area contributed by atoms with Crippen molar-refractivity contribution in [3.8, 4) is 11.5 Å². The molecule has 2 N–H and O–H groups in total. The number of rotatable bonds is 7. The molecule has 0 aliphatic heterocycles. The fraction of sp³-hybridized carbons (Fsp3) is 0.182. The van der Waals surface area contributed by atoms with Crippen LogP contribution in [0, 0.1) is 0 Å². The van der Waals surface area contributed by atoms with E-state index >= 15 is 0 Å². The lowest BCUT2D eigenvalue weighted by Crippen LogP contribution is -2.13. The van der Waals surface area contributed by atoms with Gasteiger partial charge in [0.05, 0.1) is 26.5 Å². The molecule has 0 saturated carbocycles. The van der Waals surface area contributed by atoms with Crippen LogP contribution >= 0.6 is 0 Å². The Morgan fingerprint density at radius 2 is 1.83 bits per heavy atom. The van der Waals surface area contributed by atoms with Crippen LogP contribution in [0.2, 0.25) is 0 Å². The number of para-hydroxylation sites is 1. The fourth-order valence-electron chi connectivity index (χ4n) is 2.92. The smallest absolute Gasteiger partial charge is 0.356 e. The number of methoxy groups -OCH3 is 2. The highest BCUT2D eigenvalue weighted by Crippen LogP contribution is 2.29. The molecular formula is C22H22N2O5. The zero-order valence-corrected chi connectivity index (χ0v) is 16.4. The monoisotopic (exact) mass is 394 g/mol. The highest BCUT2D eigenvalue weighted by molar-refractivity contribution is 6.13. The van der Waals surface area contributed by atoms with Crippen LogP contribution in [0.25, 0.3) is 17.0 Å². The van der Waals surface area contributed by atoms with Gasteiger partial charge in [0.1, 0.15) is 5.69 Å². The third kappa shape index (κ3) is 4.40. The first-order valence-electron chi connectivity index (χ1n) is 9.06. The number of hydrogen-bond acceptors (Lipinski definition) is 5. The van der Waals surface area contributed by atoms with Gasteiger partial charge in [-0.15, -0.1) is 0 Å². The predicted molar refractivity (Wildman–Crippen MR) is 111 cm³/mol. The minimum Gasteiger partial charge on any atom is -0.493 e. The largest absolute Gasteiger partial charge is 0.493 e. The number of esters is 1. The Balaban J connectivity index is 1.85. The predicted octanol–water partition coefficient (Wildman–Crippen LogP) is 4.01. The highest BCUT2D eigenvalue weighted by atomic mass is 16.5. The summed E-state index contributed by atoms with van der Waals surface area (Å²) in [7, 11) is 3.11. The molecule has 0 spiro atoms. The van der Waals surface area contributed by atoms with Gasteiger partial charge in [-0.1, -0.05) is 24.3 Å². The Morgan fingerprint density at radius 3 is 2.55 bits per heavy atom. The van der Waals surface area contributed by atoms with Gasteiger partial charge in [0, 0.05) is 17.0 Å². The van der Waals surface area contributed by atoms with E-state index in [1.807, 2.05) is 24.3 Å². The van der Waals surface area contributed by atoms with E-state index in [9.17, 15) is 9.59 Å². The number of H-pyrrole nitrogens is 1. The van der Waals surface area contributed by atoms with Crippen molar-refractivity contribution in [1.29, 1.82) is 0 Å². The van der Waals surface area contributed by atoms with Gasteiger partial charge in [-0.25, -0.2) is 4.79 Å². The minimum atomic E-state index is -0.525. The lowest BCUT2D eigenvalue weighted by molar-refractivity contribution is -0.111. The van der Waals surface area contributed by atoms with Crippen molar-refractivity contribution in [2.75, 3.05) is 26.1 Å². The standard InChI is InChI=1S/C22H22N2O5/c1-4-29-22(26)21-20(15-7-5-6-8-16(15)23-21)24-19(25)12-10-14-9-11-17(27-2)18(13-14)28-3/h5-13,23H,4H2,1-3H3,(H,24,25). The summed E-state index contributed by atoms with van der Waals surface area (Å²) in [6.07, 6.45) is 3.04. The molecule has 3 rings (SSSR count). The summed E-state index contributed by atoms with van der Waals surface area (Å²) in [5, 5.41) is 3.51. The molecule has 7 nitrogen and oxygen atoms in total. The van der Waals surface area contributed by atoms with Gasteiger partial charge < -0.3 is 24.5 Å². The van der Waals surface area contributed by atoms with Crippen LogP contribution in [0.5, 0.6) is 11.5 Å². The molecule has 0 unspecified atom stereocenters. The van der Waals surface area contributed by atoms with E-state index in [1.165, 1.54) is 6.08 Å². The molecule has 0 saturated heterocycles. The van der Waals surface area contributed by atoms with Crippen LogP contribution in [0.3, 0.4) is 0 Å². The second kappa shape index (κ2) is 8.97. The first-order chi connectivity index (χ1) is 14.1. The first-order valence-corrected chi connectivity index (χ1v) is 9.06. The summed E-state index contributed by atoms with van der Waals surface area (Å²) in [5.41, 5.74) is 2.10. The minimum absolute atomic E-state index is 0.209. The highest BCUT2D eigenvalue weighted by Gasteiger charge is 2.19. The van der Waals surface area contributed by atoms with Crippen molar-refractivity contribution in [3.63, 3.8) is 0 Å². The fourth-order valence-corrected chi connectivity index (χ4v) is 2.92. The summed E-state index contributed by atoms with van der Waals surface area (Å²) in [6, 6.07) is 12.7. The van der Waals surface area contributed by atoms with E-state index in [2.05, 4.69) is 10.3 Å². The molecule has 7 heteroatoms. The Hall–Kier alpha value is -3.74. The number of fused-ring (bicyclic) bond motifs is 1. The third-order valence-corrected chi connectivity index (χ3v) is 4.27. The number of aromatic amines is 1. The number of anilines is 1.